The molecule has 4 nitrogen and oxygen atoms in total. The predicted molar refractivity (Wildman–Crippen MR) is 61.0 cm³/mol. The minimum atomic E-state index is 0.589. The Balaban J connectivity index is 2.34. The average Bonchev–Trinajstić information content (AvgIpc) is 2.58. The van der Waals surface area contributed by atoms with Gasteiger partial charge in [-0.1, -0.05) is 0 Å². The Labute approximate surface area is 97.9 Å². The smallest absolute Gasteiger partial charge is 0.120 e. The van der Waals surface area contributed by atoms with E-state index in [1.807, 2.05) is 20.0 Å². The van der Waals surface area contributed by atoms with E-state index in [0.717, 1.165) is 10.7 Å². The van der Waals surface area contributed by atoms with Crippen LogP contribution in [0.2, 0.25) is 0 Å². The molecule has 0 aromatic carbocycles. The molecule has 0 atom stereocenters. The Bertz CT molecular complexity index is 553. The topological polar surface area (TPSA) is 54.5 Å². The summed E-state index contributed by atoms with van der Waals surface area (Å²) in [6, 6.07) is 7.63. The Morgan fingerprint density at radius 1 is 1.50 bits per heavy atom. The second-order valence-corrected chi connectivity index (χ2v) is 4.33. The number of rotatable bonds is 2. The number of hydrogen-bond donors (Lipinski definition) is 0. The fraction of sp³-hybridized carbons (Fsp3) is 0.182. The summed E-state index contributed by atoms with van der Waals surface area (Å²) < 4.78 is 1.79. The van der Waals surface area contributed by atoms with E-state index in [1.54, 1.807) is 23.0 Å². The molecule has 0 unspecified atom stereocenters. The molecule has 0 radical (unpaired) electrons. The summed E-state index contributed by atoms with van der Waals surface area (Å²) >= 11 is 1.45. The lowest BCUT2D eigenvalue weighted by atomic mass is 10.3. The van der Waals surface area contributed by atoms with Gasteiger partial charge in [0.05, 0.1) is 11.3 Å². The van der Waals surface area contributed by atoms with Crippen molar-refractivity contribution < 1.29 is 0 Å². The van der Waals surface area contributed by atoms with Gasteiger partial charge in [0.25, 0.3) is 0 Å². The zero-order chi connectivity index (χ0) is 11.5. The van der Waals surface area contributed by atoms with E-state index < -0.39 is 0 Å². The van der Waals surface area contributed by atoms with Gasteiger partial charge in [0.2, 0.25) is 0 Å². The van der Waals surface area contributed by atoms with Crippen LogP contribution < -0.4 is 0 Å². The normalized spacial score (nSPS) is 10.1. The molecule has 2 aromatic rings. The van der Waals surface area contributed by atoms with Gasteiger partial charge in [-0.05, 0) is 36.9 Å². The van der Waals surface area contributed by atoms with E-state index in [1.165, 1.54) is 11.8 Å². The van der Waals surface area contributed by atoms with Crippen LogP contribution in [0.4, 0.5) is 0 Å². The van der Waals surface area contributed by atoms with E-state index in [4.69, 9.17) is 5.26 Å². The summed E-state index contributed by atoms with van der Waals surface area (Å²) in [4.78, 5) is 4.19. The standard InChI is InChI=1S/C11H10N4S/c1-8-6-10(15(2)14-8)16-11-9(7-12)4-3-5-13-11/h3-6H,1-2H3. The van der Waals surface area contributed by atoms with Gasteiger partial charge >= 0.3 is 0 Å². The van der Waals surface area contributed by atoms with Crippen LogP contribution >= 0.6 is 11.8 Å². The monoisotopic (exact) mass is 230 g/mol. The number of pyridine rings is 1. The summed E-state index contributed by atoms with van der Waals surface area (Å²) in [5, 5.41) is 14.9. The largest absolute Gasteiger partial charge is 0.261 e. The van der Waals surface area contributed by atoms with Crippen LogP contribution in [0.1, 0.15) is 11.3 Å². The minimum Gasteiger partial charge on any atom is -0.261 e. The highest BCUT2D eigenvalue weighted by Crippen LogP contribution is 2.28. The lowest BCUT2D eigenvalue weighted by molar-refractivity contribution is 0.692. The molecule has 0 aliphatic rings. The fourth-order valence-corrected chi connectivity index (χ4v) is 2.28. The van der Waals surface area contributed by atoms with Gasteiger partial charge < -0.3 is 0 Å². The fourth-order valence-electron chi connectivity index (χ4n) is 1.34. The quantitative estimate of drug-likeness (QED) is 0.793. The molecule has 16 heavy (non-hydrogen) atoms. The summed E-state index contributed by atoms with van der Waals surface area (Å²) in [7, 11) is 1.88. The number of nitriles is 1. The average molecular weight is 230 g/mol. The Hall–Kier alpha value is -1.80. The summed E-state index contributed by atoms with van der Waals surface area (Å²) in [6.45, 7) is 1.94. The van der Waals surface area contributed by atoms with Crippen LogP contribution in [0.5, 0.6) is 0 Å². The maximum absolute atomic E-state index is 8.95. The van der Waals surface area contributed by atoms with Gasteiger partial charge in [0.1, 0.15) is 16.1 Å². The van der Waals surface area contributed by atoms with Gasteiger partial charge in [-0.15, -0.1) is 0 Å². The third-order valence-electron chi connectivity index (χ3n) is 2.05. The molecule has 0 fully saturated rings. The lowest BCUT2D eigenvalue weighted by Gasteiger charge is -2.01. The van der Waals surface area contributed by atoms with Crippen molar-refractivity contribution in [3.63, 3.8) is 0 Å². The van der Waals surface area contributed by atoms with Gasteiger partial charge in [-0.2, -0.15) is 10.4 Å². The van der Waals surface area contributed by atoms with E-state index >= 15 is 0 Å². The molecular formula is C11H10N4S. The first-order chi connectivity index (χ1) is 7.70. The van der Waals surface area contributed by atoms with E-state index in [-0.39, 0.29) is 0 Å². The maximum atomic E-state index is 8.95. The van der Waals surface area contributed by atoms with Crippen molar-refractivity contribution in [2.75, 3.05) is 0 Å². The molecule has 2 heterocycles. The van der Waals surface area contributed by atoms with Crippen LogP contribution in [0.15, 0.2) is 34.4 Å². The van der Waals surface area contributed by atoms with Crippen molar-refractivity contribution in [1.82, 2.24) is 14.8 Å². The number of nitrogens with zero attached hydrogens (tertiary/aromatic N) is 4. The molecule has 0 N–H and O–H groups in total. The van der Waals surface area contributed by atoms with Crippen LogP contribution in [0.25, 0.3) is 0 Å². The molecule has 2 rings (SSSR count). The molecule has 2 aromatic heterocycles. The molecule has 5 heteroatoms. The van der Waals surface area contributed by atoms with Crippen molar-refractivity contribution >= 4 is 11.8 Å². The highest BCUT2D eigenvalue weighted by molar-refractivity contribution is 7.99. The molecule has 0 saturated carbocycles. The predicted octanol–water partition coefficient (Wildman–Crippen LogP) is 2.15. The first kappa shape index (κ1) is 10.7. The van der Waals surface area contributed by atoms with Gasteiger partial charge in [0, 0.05) is 13.2 Å². The summed E-state index contributed by atoms with van der Waals surface area (Å²) in [5.74, 6) is 0. The second kappa shape index (κ2) is 4.37. The summed E-state index contributed by atoms with van der Waals surface area (Å²) in [6.07, 6.45) is 1.69. The molecule has 0 amide bonds. The van der Waals surface area contributed by atoms with Crippen molar-refractivity contribution in [2.45, 2.75) is 17.0 Å². The number of aryl methyl sites for hydroxylation is 2. The van der Waals surface area contributed by atoms with Crippen LogP contribution in [0, 0.1) is 18.3 Å². The zero-order valence-electron chi connectivity index (χ0n) is 9.01. The van der Waals surface area contributed by atoms with Gasteiger partial charge in [-0.3, -0.25) is 4.68 Å². The molecule has 0 aliphatic carbocycles. The molecule has 80 valence electrons. The van der Waals surface area contributed by atoms with E-state index in [2.05, 4.69) is 16.2 Å². The first-order valence-electron chi connectivity index (χ1n) is 4.74. The van der Waals surface area contributed by atoms with Crippen molar-refractivity contribution in [1.29, 1.82) is 5.26 Å². The van der Waals surface area contributed by atoms with Crippen LogP contribution in [-0.2, 0) is 7.05 Å². The van der Waals surface area contributed by atoms with Crippen LogP contribution in [-0.4, -0.2) is 14.8 Å². The number of hydrogen-bond acceptors (Lipinski definition) is 4. The Morgan fingerprint density at radius 3 is 2.94 bits per heavy atom. The highest BCUT2D eigenvalue weighted by atomic mass is 32.2. The van der Waals surface area contributed by atoms with E-state index in [9.17, 15) is 0 Å². The van der Waals surface area contributed by atoms with Crippen LogP contribution in [0.3, 0.4) is 0 Å². The Morgan fingerprint density at radius 2 is 2.31 bits per heavy atom. The lowest BCUT2D eigenvalue weighted by Crippen LogP contribution is -1.93. The first-order valence-corrected chi connectivity index (χ1v) is 5.56. The molecule has 0 saturated heterocycles. The molecule has 0 aliphatic heterocycles. The minimum absolute atomic E-state index is 0.589. The summed E-state index contributed by atoms with van der Waals surface area (Å²) in [5.41, 5.74) is 1.55. The molecular weight excluding hydrogens is 220 g/mol. The number of aromatic nitrogens is 3. The van der Waals surface area contributed by atoms with Crippen molar-refractivity contribution in [2.24, 2.45) is 7.05 Å². The SMILES string of the molecule is Cc1cc(Sc2ncccc2C#N)n(C)n1. The third kappa shape index (κ3) is 2.07. The molecule has 0 bridgehead atoms. The van der Waals surface area contributed by atoms with Crippen molar-refractivity contribution in [3.05, 3.63) is 35.7 Å². The van der Waals surface area contributed by atoms with Gasteiger partial charge in [-0.25, -0.2) is 4.98 Å². The van der Waals surface area contributed by atoms with Crippen molar-refractivity contribution in [3.8, 4) is 6.07 Å². The molecule has 0 spiro atoms. The zero-order valence-corrected chi connectivity index (χ0v) is 9.82. The Kier molecular flexibility index (Phi) is 2.93. The second-order valence-electron chi connectivity index (χ2n) is 3.32. The van der Waals surface area contributed by atoms with E-state index in [0.29, 0.717) is 10.6 Å². The third-order valence-corrected chi connectivity index (χ3v) is 3.16. The highest BCUT2D eigenvalue weighted by Gasteiger charge is 2.08. The maximum Gasteiger partial charge on any atom is 0.120 e. The van der Waals surface area contributed by atoms with Gasteiger partial charge in [0.15, 0.2) is 0 Å².